The molecule has 0 saturated heterocycles. The lowest BCUT2D eigenvalue weighted by atomic mass is 10.2. The van der Waals surface area contributed by atoms with E-state index < -0.39 is 10.0 Å². The van der Waals surface area contributed by atoms with Gasteiger partial charge in [-0.2, -0.15) is 0 Å². The number of ether oxygens (including phenoxy) is 1. The lowest BCUT2D eigenvalue weighted by Gasteiger charge is -2.18. The number of nitrogens with zero attached hydrogens (tertiary/aromatic N) is 1. The smallest absolute Gasteiger partial charge is 0.242 e. The van der Waals surface area contributed by atoms with Crippen LogP contribution in [0.2, 0.25) is 0 Å². The monoisotopic (exact) mass is 285 g/mol. The molecule has 1 aromatic rings. The molecule has 1 saturated carbocycles. The number of methoxy groups -OCH3 is 1. The van der Waals surface area contributed by atoms with E-state index in [1.54, 1.807) is 13.1 Å². The van der Waals surface area contributed by atoms with Gasteiger partial charge in [-0.1, -0.05) is 0 Å². The van der Waals surface area contributed by atoms with Gasteiger partial charge in [0.15, 0.2) is 0 Å². The van der Waals surface area contributed by atoms with Crippen LogP contribution < -0.4 is 4.74 Å². The normalized spacial score (nSPS) is 15.8. The minimum Gasteiger partial charge on any atom is -0.496 e. The summed E-state index contributed by atoms with van der Waals surface area (Å²) in [6.45, 7) is 0.307. The maximum absolute atomic E-state index is 12.4. The molecule has 0 bridgehead atoms. The lowest BCUT2D eigenvalue weighted by Crippen LogP contribution is -2.29. The first kappa shape index (κ1) is 14.3. The van der Waals surface area contributed by atoms with Crippen molar-refractivity contribution in [2.75, 3.05) is 20.7 Å². The van der Waals surface area contributed by atoms with E-state index in [0.717, 1.165) is 12.8 Å². The van der Waals surface area contributed by atoms with Crippen molar-refractivity contribution < 1.29 is 18.3 Å². The van der Waals surface area contributed by atoms with E-state index in [1.807, 2.05) is 0 Å². The van der Waals surface area contributed by atoms with Crippen molar-refractivity contribution >= 4 is 10.0 Å². The molecule has 1 aromatic carbocycles. The van der Waals surface area contributed by atoms with Gasteiger partial charge < -0.3 is 9.84 Å². The van der Waals surface area contributed by atoms with E-state index in [0.29, 0.717) is 23.8 Å². The van der Waals surface area contributed by atoms with Crippen LogP contribution in [0.4, 0.5) is 0 Å². The van der Waals surface area contributed by atoms with Crippen LogP contribution in [-0.2, 0) is 16.6 Å². The summed E-state index contributed by atoms with van der Waals surface area (Å²) in [7, 11) is -0.403. The first-order valence-electron chi connectivity index (χ1n) is 6.23. The van der Waals surface area contributed by atoms with Crippen molar-refractivity contribution in [2.24, 2.45) is 5.92 Å². The minimum absolute atomic E-state index is 0.195. The second-order valence-electron chi connectivity index (χ2n) is 4.86. The number of aliphatic hydroxyl groups is 1. The largest absolute Gasteiger partial charge is 0.496 e. The van der Waals surface area contributed by atoms with E-state index in [1.165, 1.54) is 23.5 Å². The Morgan fingerprint density at radius 2 is 2.11 bits per heavy atom. The molecule has 2 rings (SSSR count). The summed E-state index contributed by atoms with van der Waals surface area (Å²) in [5.41, 5.74) is 0.475. The number of aliphatic hydroxyl groups excluding tert-OH is 1. The fourth-order valence-electron chi connectivity index (χ4n) is 1.98. The SMILES string of the molecule is COc1ccc(S(=O)(=O)N(C)CC2CC2)cc1CO. The fourth-order valence-corrected chi connectivity index (χ4v) is 3.28. The molecule has 5 nitrogen and oxygen atoms in total. The van der Waals surface area contributed by atoms with Crippen LogP contribution in [-0.4, -0.2) is 38.5 Å². The summed E-state index contributed by atoms with van der Waals surface area (Å²) in [5.74, 6) is 0.988. The molecule has 0 amide bonds. The van der Waals surface area contributed by atoms with Gasteiger partial charge in [-0.15, -0.1) is 0 Å². The Bertz CT molecular complexity index is 552. The summed E-state index contributed by atoms with van der Waals surface area (Å²) in [5, 5.41) is 9.25. The van der Waals surface area contributed by atoms with E-state index >= 15 is 0 Å². The summed E-state index contributed by atoms with van der Waals surface area (Å²) in [6, 6.07) is 4.55. The fraction of sp³-hybridized carbons (Fsp3) is 0.538. The number of sulfonamides is 1. The zero-order valence-electron chi connectivity index (χ0n) is 11.2. The highest BCUT2D eigenvalue weighted by Gasteiger charge is 2.29. The maximum atomic E-state index is 12.4. The standard InChI is InChI=1S/C13H19NO4S/c1-14(8-10-3-4-10)19(16,17)12-5-6-13(18-2)11(7-12)9-15/h5-7,10,15H,3-4,8-9H2,1-2H3. The molecule has 0 unspecified atom stereocenters. The quantitative estimate of drug-likeness (QED) is 0.853. The molecule has 1 aliphatic carbocycles. The van der Waals surface area contributed by atoms with Crippen molar-refractivity contribution in [3.8, 4) is 5.75 Å². The molecule has 1 aliphatic rings. The molecule has 19 heavy (non-hydrogen) atoms. The Morgan fingerprint density at radius 3 is 2.63 bits per heavy atom. The number of hydrogen-bond donors (Lipinski definition) is 1. The second kappa shape index (κ2) is 5.48. The van der Waals surface area contributed by atoms with Gasteiger partial charge in [-0.25, -0.2) is 12.7 Å². The molecule has 0 atom stereocenters. The third-order valence-corrected chi connectivity index (χ3v) is 5.16. The zero-order valence-corrected chi connectivity index (χ0v) is 12.0. The summed E-state index contributed by atoms with van der Waals surface area (Å²) < 4.78 is 31.2. The van der Waals surface area contributed by atoms with Gasteiger partial charge in [0, 0.05) is 19.2 Å². The molecule has 0 heterocycles. The highest BCUT2D eigenvalue weighted by atomic mass is 32.2. The molecular formula is C13H19NO4S. The Kier molecular flexibility index (Phi) is 4.13. The maximum Gasteiger partial charge on any atom is 0.242 e. The molecule has 1 N–H and O–H groups in total. The molecular weight excluding hydrogens is 266 g/mol. The number of rotatable bonds is 6. The highest BCUT2D eigenvalue weighted by molar-refractivity contribution is 7.89. The first-order chi connectivity index (χ1) is 8.98. The van der Waals surface area contributed by atoms with Gasteiger partial charge in [-0.3, -0.25) is 0 Å². The molecule has 0 aromatic heterocycles. The van der Waals surface area contributed by atoms with Gasteiger partial charge in [0.1, 0.15) is 5.75 Å². The molecule has 6 heteroatoms. The minimum atomic E-state index is -3.48. The van der Waals surface area contributed by atoms with E-state index in [2.05, 4.69) is 0 Å². The van der Waals surface area contributed by atoms with Crippen molar-refractivity contribution in [3.63, 3.8) is 0 Å². The van der Waals surface area contributed by atoms with Gasteiger partial charge in [0.05, 0.1) is 18.6 Å². The predicted octanol–water partition coefficient (Wildman–Crippen LogP) is 1.22. The van der Waals surface area contributed by atoms with Crippen LogP contribution >= 0.6 is 0 Å². The van der Waals surface area contributed by atoms with Crippen LogP contribution in [0.5, 0.6) is 5.75 Å². The third kappa shape index (κ3) is 3.08. The zero-order chi connectivity index (χ0) is 14.0. The van der Waals surface area contributed by atoms with Gasteiger partial charge in [0.25, 0.3) is 0 Å². The summed E-state index contributed by atoms with van der Waals surface area (Å²) in [4.78, 5) is 0.195. The molecule has 106 valence electrons. The van der Waals surface area contributed by atoms with Gasteiger partial charge in [0.2, 0.25) is 10.0 Å². The molecule has 1 fully saturated rings. The third-order valence-electron chi connectivity index (χ3n) is 3.34. The van der Waals surface area contributed by atoms with Crippen LogP contribution in [0.1, 0.15) is 18.4 Å². The van der Waals surface area contributed by atoms with Gasteiger partial charge in [-0.05, 0) is 37.0 Å². The number of hydrogen-bond acceptors (Lipinski definition) is 4. The van der Waals surface area contributed by atoms with Crippen molar-refractivity contribution in [3.05, 3.63) is 23.8 Å². The summed E-state index contributed by atoms with van der Waals surface area (Å²) >= 11 is 0. The Hall–Kier alpha value is -1.11. The summed E-state index contributed by atoms with van der Waals surface area (Å²) in [6.07, 6.45) is 2.20. The van der Waals surface area contributed by atoms with Gasteiger partial charge >= 0.3 is 0 Å². The Balaban J connectivity index is 2.28. The first-order valence-corrected chi connectivity index (χ1v) is 7.67. The van der Waals surface area contributed by atoms with Crippen molar-refractivity contribution in [1.29, 1.82) is 0 Å². The van der Waals surface area contributed by atoms with E-state index in [-0.39, 0.29) is 11.5 Å². The van der Waals surface area contributed by atoms with Crippen molar-refractivity contribution in [1.82, 2.24) is 4.31 Å². The average molecular weight is 285 g/mol. The highest BCUT2D eigenvalue weighted by Crippen LogP contribution is 2.31. The van der Waals surface area contributed by atoms with Crippen LogP contribution in [0, 0.1) is 5.92 Å². The van der Waals surface area contributed by atoms with E-state index in [9.17, 15) is 13.5 Å². The average Bonchev–Trinajstić information content (AvgIpc) is 3.21. The van der Waals surface area contributed by atoms with Crippen LogP contribution in [0.3, 0.4) is 0 Å². The predicted molar refractivity (Wildman–Crippen MR) is 71.5 cm³/mol. The second-order valence-corrected chi connectivity index (χ2v) is 6.91. The molecule has 0 radical (unpaired) electrons. The Morgan fingerprint density at radius 1 is 1.42 bits per heavy atom. The molecule has 0 spiro atoms. The number of benzene rings is 1. The van der Waals surface area contributed by atoms with Crippen LogP contribution in [0.25, 0.3) is 0 Å². The Labute approximate surface area is 113 Å². The van der Waals surface area contributed by atoms with E-state index in [4.69, 9.17) is 4.74 Å². The topological polar surface area (TPSA) is 66.8 Å². The van der Waals surface area contributed by atoms with Crippen LogP contribution in [0.15, 0.2) is 23.1 Å². The molecule has 0 aliphatic heterocycles. The van der Waals surface area contributed by atoms with Crippen molar-refractivity contribution in [2.45, 2.75) is 24.3 Å². The lowest BCUT2D eigenvalue weighted by molar-refractivity contribution is 0.273.